The molecule has 0 bridgehead atoms. The number of para-hydroxylation sites is 1. The van der Waals surface area contributed by atoms with E-state index in [1.54, 1.807) is 0 Å². The van der Waals surface area contributed by atoms with Crippen LogP contribution in [-0.2, 0) is 6.42 Å². The van der Waals surface area contributed by atoms with Crippen LogP contribution in [0.4, 0.5) is 0 Å². The SMILES string of the molecule is O=C1CCc2cc3ccccc3n21. The molecule has 1 aliphatic rings. The number of hydrogen-bond acceptors (Lipinski definition) is 1. The number of aromatic nitrogens is 1. The Labute approximate surface area is 75.8 Å². The first-order chi connectivity index (χ1) is 6.36. The summed E-state index contributed by atoms with van der Waals surface area (Å²) in [5.74, 6) is 0.233. The lowest BCUT2D eigenvalue weighted by Crippen LogP contribution is -2.02. The van der Waals surface area contributed by atoms with Crippen molar-refractivity contribution < 1.29 is 4.79 Å². The van der Waals surface area contributed by atoms with Crippen LogP contribution in [0.3, 0.4) is 0 Å². The van der Waals surface area contributed by atoms with Crippen LogP contribution in [0.2, 0.25) is 0 Å². The van der Waals surface area contributed by atoms with Gasteiger partial charge in [0.1, 0.15) is 0 Å². The fourth-order valence-electron chi connectivity index (χ4n) is 2.04. The molecular formula is C11H9NO. The third-order valence-corrected chi connectivity index (χ3v) is 2.63. The molecular weight excluding hydrogens is 162 g/mol. The van der Waals surface area contributed by atoms with Gasteiger partial charge in [-0.05, 0) is 18.6 Å². The summed E-state index contributed by atoms with van der Waals surface area (Å²) in [5.41, 5.74) is 2.21. The molecule has 64 valence electrons. The van der Waals surface area contributed by atoms with Crippen molar-refractivity contribution in [3.63, 3.8) is 0 Å². The van der Waals surface area contributed by atoms with E-state index in [2.05, 4.69) is 6.07 Å². The predicted molar refractivity (Wildman–Crippen MR) is 50.9 cm³/mol. The van der Waals surface area contributed by atoms with E-state index >= 15 is 0 Å². The number of hydrogen-bond donors (Lipinski definition) is 0. The Morgan fingerprint density at radius 1 is 1.15 bits per heavy atom. The van der Waals surface area contributed by atoms with E-state index in [4.69, 9.17) is 0 Å². The maximum absolute atomic E-state index is 11.5. The molecule has 2 heteroatoms. The van der Waals surface area contributed by atoms with Crippen LogP contribution in [-0.4, -0.2) is 10.5 Å². The molecule has 3 rings (SSSR count). The molecule has 0 saturated heterocycles. The lowest BCUT2D eigenvalue weighted by Gasteiger charge is -1.96. The quantitative estimate of drug-likeness (QED) is 0.595. The molecule has 0 fully saturated rings. The largest absolute Gasteiger partial charge is 0.284 e. The zero-order valence-corrected chi connectivity index (χ0v) is 7.16. The molecule has 0 atom stereocenters. The van der Waals surface area contributed by atoms with E-state index in [9.17, 15) is 4.79 Å². The van der Waals surface area contributed by atoms with Crippen LogP contribution >= 0.6 is 0 Å². The molecule has 1 aromatic carbocycles. The summed E-state index contributed by atoms with van der Waals surface area (Å²) < 4.78 is 1.84. The molecule has 2 nitrogen and oxygen atoms in total. The topological polar surface area (TPSA) is 22.0 Å². The van der Waals surface area contributed by atoms with Crippen LogP contribution in [0.25, 0.3) is 10.9 Å². The highest BCUT2D eigenvalue weighted by atomic mass is 16.2. The van der Waals surface area contributed by atoms with Gasteiger partial charge in [0.15, 0.2) is 0 Å². The van der Waals surface area contributed by atoms with Crippen LogP contribution in [0.1, 0.15) is 16.9 Å². The van der Waals surface area contributed by atoms with Gasteiger partial charge in [-0.2, -0.15) is 0 Å². The summed E-state index contributed by atoms with van der Waals surface area (Å²) >= 11 is 0. The Bertz CT molecular complexity index is 496. The second-order valence-electron chi connectivity index (χ2n) is 3.42. The van der Waals surface area contributed by atoms with Crippen molar-refractivity contribution in [2.24, 2.45) is 0 Å². The van der Waals surface area contributed by atoms with Gasteiger partial charge in [-0.25, -0.2) is 0 Å². The summed E-state index contributed by atoms with van der Waals surface area (Å²) in [4.78, 5) is 11.5. The maximum atomic E-state index is 11.5. The van der Waals surface area contributed by atoms with Crippen LogP contribution in [0, 0.1) is 0 Å². The van der Waals surface area contributed by atoms with Crippen molar-refractivity contribution in [1.29, 1.82) is 0 Å². The molecule has 0 amide bonds. The first-order valence-corrected chi connectivity index (χ1v) is 4.49. The number of fused-ring (bicyclic) bond motifs is 3. The molecule has 0 aliphatic carbocycles. The first-order valence-electron chi connectivity index (χ1n) is 4.49. The van der Waals surface area contributed by atoms with Gasteiger partial charge in [0.05, 0.1) is 5.52 Å². The molecule has 2 heterocycles. The number of nitrogens with zero attached hydrogens (tertiary/aromatic N) is 1. The predicted octanol–water partition coefficient (Wildman–Crippen LogP) is 2.23. The van der Waals surface area contributed by atoms with E-state index in [1.165, 1.54) is 5.39 Å². The van der Waals surface area contributed by atoms with Crippen LogP contribution < -0.4 is 0 Å². The third-order valence-electron chi connectivity index (χ3n) is 2.63. The highest BCUT2D eigenvalue weighted by Gasteiger charge is 2.20. The number of benzene rings is 1. The standard InChI is InChI=1S/C11H9NO/c13-11-6-5-9-7-8-3-1-2-4-10(8)12(9)11/h1-4,7H,5-6H2. The van der Waals surface area contributed by atoms with Crippen molar-refractivity contribution in [1.82, 2.24) is 4.57 Å². The fraction of sp³-hybridized carbons (Fsp3) is 0.182. The average molecular weight is 171 g/mol. The highest BCUT2D eigenvalue weighted by Crippen LogP contribution is 2.25. The Morgan fingerprint density at radius 2 is 2.00 bits per heavy atom. The number of aryl methyl sites for hydroxylation is 1. The van der Waals surface area contributed by atoms with Gasteiger partial charge in [0.25, 0.3) is 0 Å². The monoisotopic (exact) mass is 171 g/mol. The number of rotatable bonds is 0. The lowest BCUT2D eigenvalue weighted by atomic mass is 10.2. The molecule has 1 aromatic heterocycles. The molecule has 0 N–H and O–H groups in total. The van der Waals surface area contributed by atoms with E-state index in [0.717, 1.165) is 17.6 Å². The summed E-state index contributed by atoms with van der Waals surface area (Å²) in [6.07, 6.45) is 1.56. The molecule has 0 unspecified atom stereocenters. The van der Waals surface area contributed by atoms with Crippen molar-refractivity contribution in [3.05, 3.63) is 36.0 Å². The zero-order valence-electron chi connectivity index (χ0n) is 7.16. The van der Waals surface area contributed by atoms with Crippen molar-refractivity contribution >= 4 is 16.8 Å². The van der Waals surface area contributed by atoms with Gasteiger partial charge >= 0.3 is 0 Å². The molecule has 1 aliphatic heterocycles. The normalized spacial score (nSPS) is 15.2. The van der Waals surface area contributed by atoms with Gasteiger partial charge in [0, 0.05) is 17.5 Å². The Hall–Kier alpha value is -1.57. The minimum atomic E-state index is 0.233. The molecule has 13 heavy (non-hydrogen) atoms. The number of carbonyl (C=O) groups is 1. The number of carbonyl (C=O) groups excluding carboxylic acids is 1. The summed E-state index contributed by atoms with van der Waals surface area (Å²) in [6.45, 7) is 0. The van der Waals surface area contributed by atoms with Crippen LogP contribution in [0.15, 0.2) is 30.3 Å². The van der Waals surface area contributed by atoms with Crippen molar-refractivity contribution in [2.75, 3.05) is 0 Å². The minimum absolute atomic E-state index is 0.233. The fourth-order valence-corrected chi connectivity index (χ4v) is 2.04. The van der Waals surface area contributed by atoms with Gasteiger partial charge in [-0.3, -0.25) is 9.36 Å². The van der Waals surface area contributed by atoms with Crippen molar-refractivity contribution in [3.8, 4) is 0 Å². The second-order valence-corrected chi connectivity index (χ2v) is 3.42. The lowest BCUT2D eigenvalue weighted by molar-refractivity contribution is 0.0928. The molecule has 0 spiro atoms. The summed E-state index contributed by atoms with van der Waals surface area (Å²) in [5, 5.41) is 1.17. The summed E-state index contributed by atoms with van der Waals surface area (Å²) in [7, 11) is 0. The summed E-state index contributed by atoms with van der Waals surface area (Å²) in [6, 6.07) is 10.1. The van der Waals surface area contributed by atoms with Gasteiger partial charge < -0.3 is 0 Å². The molecule has 0 saturated carbocycles. The molecule has 2 aromatic rings. The van der Waals surface area contributed by atoms with Gasteiger partial charge in [-0.1, -0.05) is 18.2 Å². The Kier molecular flexibility index (Phi) is 1.18. The Morgan fingerprint density at radius 3 is 2.92 bits per heavy atom. The van der Waals surface area contributed by atoms with Crippen molar-refractivity contribution in [2.45, 2.75) is 12.8 Å². The smallest absolute Gasteiger partial charge is 0.231 e. The van der Waals surface area contributed by atoms with E-state index < -0.39 is 0 Å². The average Bonchev–Trinajstić information content (AvgIpc) is 2.66. The van der Waals surface area contributed by atoms with E-state index in [0.29, 0.717) is 6.42 Å². The highest BCUT2D eigenvalue weighted by molar-refractivity contribution is 5.95. The van der Waals surface area contributed by atoms with Crippen LogP contribution in [0.5, 0.6) is 0 Å². The molecule has 0 radical (unpaired) electrons. The van der Waals surface area contributed by atoms with Gasteiger partial charge in [0.2, 0.25) is 5.91 Å². The first kappa shape index (κ1) is 6.89. The third kappa shape index (κ3) is 0.800. The maximum Gasteiger partial charge on any atom is 0.231 e. The Balaban J connectivity index is 2.46. The van der Waals surface area contributed by atoms with E-state index in [-0.39, 0.29) is 5.91 Å². The second kappa shape index (κ2) is 2.22. The van der Waals surface area contributed by atoms with E-state index in [1.807, 2.05) is 28.8 Å². The zero-order chi connectivity index (χ0) is 8.84. The minimum Gasteiger partial charge on any atom is -0.284 e. The van der Waals surface area contributed by atoms with Gasteiger partial charge in [-0.15, -0.1) is 0 Å².